The maximum absolute atomic E-state index is 5.99. The van der Waals surface area contributed by atoms with Gasteiger partial charge in [-0.3, -0.25) is 0 Å². The van der Waals surface area contributed by atoms with E-state index in [1.165, 1.54) is 12.8 Å². The first-order valence-electron chi connectivity index (χ1n) is 5.42. The molecule has 1 fully saturated rings. The normalized spacial score (nSPS) is 17.1. The van der Waals surface area contributed by atoms with Gasteiger partial charge in [0.1, 0.15) is 5.75 Å². The Morgan fingerprint density at radius 2 is 2.33 bits per heavy atom. The van der Waals surface area contributed by atoms with E-state index < -0.39 is 0 Å². The van der Waals surface area contributed by atoms with E-state index in [-0.39, 0.29) is 6.04 Å². The second-order valence-corrected chi connectivity index (χ2v) is 4.02. The molecule has 0 saturated heterocycles. The van der Waals surface area contributed by atoms with Crippen LogP contribution in [-0.2, 0) is 0 Å². The van der Waals surface area contributed by atoms with Gasteiger partial charge < -0.3 is 10.5 Å². The molecule has 2 N–H and O–H groups in total. The minimum Gasteiger partial charge on any atom is -0.490 e. The summed E-state index contributed by atoms with van der Waals surface area (Å²) in [6.45, 7) is 3.70. The maximum Gasteiger partial charge on any atom is 0.120 e. The lowest BCUT2D eigenvalue weighted by Crippen LogP contribution is -2.09. The van der Waals surface area contributed by atoms with Crippen LogP contribution in [0.3, 0.4) is 0 Å². The van der Waals surface area contributed by atoms with E-state index in [0.717, 1.165) is 17.7 Å². The van der Waals surface area contributed by atoms with Gasteiger partial charge >= 0.3 is 0 Å². The summed E-state index contributed by atoms with van der Waals surface area (Å²) < 4.78 is 5.71. The van der Waals surface area contributed by atoms with Crippen LogP contribution in [0.5, 0.6) is 5.75 Å². The van der Waals surface area contributed by atoms with Crippen molar-refractivity contribution in [2.45, 2.75) is 31.4 Å². The third-order valence-electron chi connectivity index (χ3n) is 2.53. The molecule has 80 valence electrons. The molecule has 15 heavy (non-hydrogen) atoms. The molecule has 0 aliphatic heterocycles. The monoisotopic (exact) mass is 203 g/mol. The molecule has 0 spiro atoms. The van der Waals surface area contributed by atoms with Crippen LogP contribution in [0, 0.1) is 0 Å². The number of nitrogens with two attached hydrogens (primary N) is 1. The lowest BCUT2D eigenvalue weighted by atomic mass is 10.0. The van der Waals surface area contributed by atoms with E-state index in [9.17, 15) is 0 Å². The number of ether oxygens (including phenoxy) is 1. The van der Waals surface area contributed by atoms with Crippen LogP contribution < -0.4 is 10.5 Å². The van der Waals surface area contributed by atoms with Gasteiger partial charge in [0.15, 0.2) is 0 Å². The maximum atomic E-state index is 5.99. The highest BCUT2D eigenvalue weighted by atomic mass is 16.5. The molecule has 1 aromatic rings. The molecule has 0 aromatic heterocycles. The molecule has 1 aromatic carbocycles. The van der Waals surface area contributed by atoms with Crippen LogP contribution in [0.4, 0.5) is 0 Å². The number of hydrogen-bond donors (Lipinski definition) is 1. The number of rotatable bonds is 5. The Bertz CT molecular complexity index is 344. The van der Waals surface area contributed by atoms with Crippen LogP contribution >= 0.6 is 0 Å². The molecule has 2 rings (SSSR count). The molecule has 0 bridgehead atoms. The Labute approximate surface area is 90.7 Å². The van der Waals surface area contributed by atoms with Gasteiger partial charge in [-0.15, -0.1) is 6.58 Å². The molecule has 0 radical (unpaired) electrons. The second kappa shape index (κ2) is 4.49. The van der Waals surface area contributed by atoms with Gasteiger partial charge in [-0.2, -0.15) is 0 Å². The topological polar surface area (TPSA) is 35.2 Å². The highest BCUT2D eigenvalue weighted by Crippen LogP contribution is 2.28. The molecule has 2 heteroatoms. The molecule has 1 saturated carbocycles. The summed E-state index contributed by atoms with van der Waals surface area (Å²) in [4.78, 5) is 0. The smallest absolute Gasteiger partial charge is 0.120 e. The van der Waals surface area contributed by atoms with Crippen molar-refractivity contribution in [1.82, 2.24) is 0 Å². The summed E-state index contributed by atoms with van der Waals surface area (Å²) in [5.41, 5.74) is 7.11. The van der Waals surface area contributed by atoms with Gasteiger partial charge in [0, 0.05) is 6.04 Å². The largest absolute Gasteiger partial charge is 0.490 e. The summed E-state index contributed by atoms with van der Waals surface area (Å²) >= 11 is 0. The Hall–Kier alpha value is -1.28. The predicted octanol–water partition coefficient (Wildman–Crippen LogP) is 2.80. The Balaban J connectivity index is 2.06. The van der Waals surface area contributed by atoms with Gasteiger partial charge in [-0.25, -0.2) is 0 Å². The van der Waals surface area contributed by atoms with Crippen LogP contribution in [0.2, 0.25) is 0 Å². The van der Waals surface area contributed by atoms with Crippen molar-refractivity contribution in [3.63, 3.8) is 0 Å². The van der Waals surface area contributed by atoms with Gasteiger partial charge in [-0.1, -0.05) is 18.2 Å². The lowest BCUT2D eigenvalue weighted by Gasteiger charge is -2.11. The molecule has 1 unspecified atom stereocenters. The van der Waals surface area contributed by atoms with E-state index in [1.807, 2.05) is 30.3 Å². The highest BCUT2D eigenvalue weighted by molar-refractivity contribution is 5.31. The number of hydrogen-bond acceptors (Lipinski definition) is 2. The van der Waals surface area contributed by atoms with Crippen molar-refractivity contribution in [2.75, 3.05) is 0 Å². The third kappa shape index (κ3) is 2.83. The predicted molar refractivity (Wildman–Crippen MR) is 61.8 cm³/mol. The minimum atomic E-state index is 0.0326. The molecule has 1 atom stereocenters. The second-order valence-electron chi connectivity index (χ2n) is 4.02. The summed E-state index contributed by atoms with van der Waals surface area (Å²) in [6, 6.07) is 8.09. The average molecular weight is 203 g/mol. The Morgan fingerprint density at radius 3 is 3.00 bits per heavy atom. The van der Waals surface area contributed by atoms with Crippen molar-refractivity contribution in [2.24, 2.45) is 5.73 Å². The van der Waals surface area contributed by atoms with Crippen molar-refractivity contribution >= 4 is 0 Å². The zero-order chi connectivity index (χ0) is 10.7. The van der Waals surface area contributed by atoms with Crippen molar-refractivity contribution in [1.29, 1.82) is 0 Å². The quantitative estimate of drug-likeness (QED) is 0.747. The minimum absolute atomic E-state index is 0.0326. The summed E-state index contributed by atoms with van der Waals surface area (Å²) in [6.07, 6.45) is 5.45. The molecule has 0 heterocycles. The first-order valence-corrected chi connectivity index (χ1v) is 5.42. The SMILES string of the molecule is C=CCC(N)c1cccc(OC2CC2)c1. The zero-order valence-electron chi connectivity index (χ0n) is 8.86. The molecule has 2 nitrogen and oxygen atoms in total. The van der Waals surface area contributed by atoms with Gasteiger partial charge in [-0.05, 0) is 37.0 Å². The van der Waals surface area contributed by atoms with Crippen LogP contribution in [-0.4, -0.2) is 6.10 Å². The van der Waals surface area contributed by atoms with E-state index in [1.54, 1.807) is 0 Å². The van der Waals surface area contributed by atoms with E-state index in [0.29, 0.717) is 6.10 Å². The fraction of sp³-hybridized carbons (Fsp3) is 0.385. The third-order valence-corrected chi connectivity index (χ3v) is 2.53. The standard InChI is InChI=1S/C13H17NO/c1-2-4-13(14)10-5-3-6-12(9-10)15-11-7-8-11/h2-3,5-6,9,11,13H,1,4,7-8,14H2. The van der Waals surface area contributed by atoms with Gasteiger partial charge in [0.2, 0.25) is 0 Å². The van der Waals surface area contributed by atoms with E-state index in [4.69, 9.17) is 10.5 Å². The molecule has 0 amide bonds. The average Bonchev–Trinajstić information content (AvgIpc) is 3.03. The van der Waals surface area contributed by atoms with Gasteiger partial charge in [0.05, 0.1) is 6.10 Å². The van der Waals surface area contributed by atoms with Crippen LogP contribution in [0.15, 0.2) is 36.9 Å². The molecular weight excluding hydrogens is 186 g/mol. The zero-order valence-corrected chi connectivity index (χ0v) is 8.86. The Kier molecular flexibility index (Phi) is 3.07. The van der Waals surface area contributed by atoms with E-state index in [2.05, 4.69) is 6.58 Å². The van der Waals surface area contributed by atoms with Crippen molar-refractivity contribution < 1.29 is 4.74 Å². The summed E-state index contributed by atoms with van der Waals surface area (Å²) in [5, 5.41) is 0. The molecular formula is C13H17NO. The fourth-order valence-corrected chi connectivity index (χ4v) is 1.51. The number of benzene rings is 1. The van der Waals surface area contributed by atoms with Gasteiger partial charge in [0.25, 0.3) is 0 Å². The Morgan fingerprint density at radius 1 is 1.53 bits per heavy atom. The van der Waals surface area contributed by atoms with Crippen molar-refractivity contribution in [3.05, 3.63) is 42.5 Å². The van der Waals surface area contributed by atoms with E-state index >= 15 is 0 Å². The first-order chi connectivity index (χ1) is 7.29. The highest BCUT2D eigenvalue weighted by Gasteiger charge is 2.23. The lowest BCUT2D eigenvalue weighted by molar-refractivity contribution is 0.302. The molecule has 1 aliphatic rings. The first kappa shape index (κ1) is 10.2. The van der Waals surface area contributed by atoms with Crippen LogP contribution in [0.25, 0.3) is 0 Å². The fourth-order valence-electron chi connectivity index (χ4n) is 1.51. The summed E-state index contributed by atoms with van der Waals surface area (Å²) in [7, 11) is 0. The van der Waals surface area contributed by atoms with Crippen LogP contribution in [0.1, 0.15) is 30.9 Å². The van der Waals surface area contributed by atoms with Crippen molar-refractivity contribution in [3.8, 4) is 5.75 Å². The summed E-state index contributed by atoms with van der Waals surface area (Å²) in [5.74, 6) is 0.939. The molecule has 1 aliphatic carbocycles.